The van der Waals surface area contributed by atoms with Crippen molar-refractivity contribution < 1.29 is 24.2 Å². The van der Waals surface area contributed by atoms with Crippen molar-refractivity contribution in [3.8, 4) is 0 Å². The molecule has 0 aliphatic rings. The Morgan fingerprint density at radius 1 is 0.450 bits per heavy atom. The third kappa shape index (κ3) is 43.3. The summed E-state index contributed by atoms with van der Waals surface area (Å²) in [4.78, 5) is 27.7. The molecule has 0 saturated carbocycles. The van der Waals surface area contributed by atoms with E-state index in [-0.39, 0.29) is 18.5 Å². The standard InChI is InChI=1S/C54H105NO5/c1-5-9-13-17-21-23-27-33-41-51(39-31-25-19-15-11-7-3)49-59-53(57)43-35-29-37-45-55(47-48-56)46-38-30-36-44-54(58)60-50-52(40-32-26-20-16-12-8-4)42-34-28-24-22-18-14-10-6-2/h31,39,51-52,56H,5-30,32-38,40-50H2,1-4H3/b39-31-. The topological polar surface area (TPSA) is 76.1 Å². The normalized spacial score (nSPS) is 12.8. The molecule has 2 atom stereocenters. The third-order valence-corrected chi connectivity index (χ3v) is 12.6. The van der Waals surface area contributed by atoms with E-state index in [1.807, 2.05) is 0 Å². The number of aliphatic hydroxyl groups excluding tert-OH is 1. The molecular weight excluding hydrogens is 743 g/mol. The zero-order valence-corrected chi connectivity index (χ0v) is 40.9. The lowest BCUT2D eigenvalue weighted by atomic mass is 9.94. The van der Waals surface area contributed by atoms with E-state index in [1.165, 1.54) is 180 Å². The van der Waals surface area contributed by atoms with Gasteiger partial charge in [0.05, 0.1) is 19.8 Å². The predicted molar refractivity (Wildman–Crippen MR) is 260 cm³/mol. The average molecular weight is 848 g/mol. The first-order valence-corrected chi connectivity index (χ1v) is 26.8. The van der Waals surface area contributed by atoms with Gasteiger partial charge < -0.3 is 19.5 Å². The average Bonchev–Trinajstić information content (AvgIpc) is 3.25. The van der Waals surface area contributed by atoms with Crippen molar-refractivity contribution in [2.45, 2.75) is 272 Å². The number of ether oxygens (including phenoxy) is 2. The van der Waals surface area contributed by atoms with Crippen molar-refractivity contribution in [3.63, 3.8) is 0 Å². The van der Waals surface area contributed by atoms with E-state index in [2.05, 4.69) is 44.7 Å². The van der Waals surface area contributed by atoms with E-state index >= 15 is 0 Å². The highest BCUT2D eigenvalue weighted by molar-refractivity contribution is 5.69. The fraction of sp³-hybridized carbons (Fsp3) is 0.926. The molecule has 0 bridgehead atoms. The van der Waals surface area contributed by atoms with Crippen molar-refractivity contribution in [2.24, 2.45) is 11.8 Å². The minimum atomic E-state index is -0.0603. The summed E-state index contributed by atoms with van der Waals surface area (Å²) in [5.74, 6) is 0.754. The van der Waals surface area contributed by atoms with E-state index in [1.54, 1.807) is 0 Å². The second-order valence-corrected chi connectivity index (χ2v) is 18.5. The molecule has 60 heavy (non-hydrogen) atoms. The van der Waals surface area contributed by atoms with Crippen LogP contribution in [-0.4, -0.2) is 61.4 Å². The summed E-state index contributed by atoms with van der Waals surface area (Å²) in [6, 6.07) is 0. The summed E-state index contributed by atoms with van der Waals surface area (Å²) in [6.07, 6.45) is 50.3. The smallest absolute Gasteiger partial charge is 0.305 e. The number of aliphatic hydroxyl groups is 1. The van der Waals surface area contributed by atoms with Gasteiger partial charge in [-0.05, 0) is 76.8 Å². The minimum Gasteiger partial charge on any atom is -0.465 e. The number of rotatable bonds is 49. The fourth-order valence-electron chi connectivity index (χ4n) is 8.44. The molecule has 0 saturated heterocycles. The number of carbonyl (C=O) groups excluding carboxylic acids is 2. The summed E-state index contributed by atoms with van der Waals surface area (Å²) in [5, 5.41) is 9.67. The van der Waals surface area contributed by atoms with E-state index in [4.69, 9.17) is 9.47 Å². The fourth-order valence-corrected chi connectivity index (χ4v) is 8.44. The van der Waals surface area contributed by atoms with Gasteiger partial charge in [0.2, 0.25) is 0 Å². The van der Waals surface area contributed by atoms with Crippen LogP contribution < -0.4 is 0 Å². The van der Waals surface area contributed by atoms with Crippen LogP contribution in [0.2, 0.25) is 0 Å². The number of hydrogen-bond donors (Lipinski definition) is 1. The first kappa shape index (κ1) is 58.6. The van der Waals surface area contributed by atoms with Crippen LogP contribution in [0, 0.1) is 11.8 Å². The van der Waals surface area contributed by atoms with Crippen LogP contribution in [0.4, 0.5) is 0 Å². The minimum absolute atomic E-state index is 0.0297. The lowest BCUT2D eigenvalue weighted by molar-refractivity contribution is -0.146. The highest BCUT2D eigenvalue weighted by Crippen LogP contribution is 2.21. The number of allylic oxidation sites excluding steroid dienone is 1. The maximum Gasteiger partial charge on any atom is 0.305 e. The molecule has 0 heterocycles. The Labute approximate surface area is 374 Å². The molecule has 0 fully saturated rings. The molecule has 0 amide bonds. The van der Waals surface area contributed by atoms with Crippen LogP contribution in [0.1, 0.15) is 272 Å². The Balaban J connectivity index is 4.38. The summed E-state index contributed by atoms with van der Waals surface area (Å²) in [7, 11) is 0. The van der Waals surface area contributed by atoms with Gasteiger partial charge in [0.25, 0.3) is 0 Å². The molecule has 6 nitrogen and oxygen atoms in total. The number of carbonyl (C=O) groups is 2. The second kappa shape index (κ2) is 48.6. The maximum absolute atomic E-state index is 12.7. The van der Waals surface area contributed by atoms with Gasteiger partial charge in [0, 0.05) is 25.3 Å². The molecule has 356 valence electrons. The molecule has 0 aliphatic heterocycles. The molecule has 1 N–H and O–H groups in total. The molecule has 6 heteroatoms. The molecule has 0 spiro atoms. The van der Waals surface area contributed by atoms with Gasteiger partial charge in [0.1, 0.15) is 0 Å². The Kier molecular flexibility index (Phi) is 47.5. The zero-order valence-electron chi connectivity index (χ0n) is 40.9. The van der Waals surface area contributed by atoms with Crippen molar-refractivity contribution >= 4 is 11.9 Å². The molecule has 0 aromatic rings. The molecular formula is C54H105NO5. The van der Waals surface area contributed by atoms with Crippen LogP contribution in [-0.2, 0) is 19.1 Å². The van der Waals surface area contributed by atoms with Crippen LogP contribution in [0.15, 0.2) is 12.2 Å². The van der Waals surface area contributed by atoms with Crippen LogP contribution in [0.25, 0.3) is 0 Å². The van der Waals surface area contributed by atoms with Crippen molar-refractivity contribution in [1.29, 1.82) is 0 Å². The van der Waals surface area contributed by atoms with Gasteiger partial charge >= 0.3 is 11.9 Å². The summed E-state index contributed by atoms with van der Waals surface area (Å²) in [6.45, 7) is 12.9. The van der Waals surface area contributed by atoms with Crippen molar-refractivity contribution in [1.82, 2.24) is 4.90 Å². The Hall–Kier alpha value is -1.40. The van der Waals surface area contributed by atoms with Gasteiger partial charge in [-0.3, -0.25) is 9.59 Å². The summed E-state index contributed by atoms with van der Waals surface area (Å²) < 4.78 is 11.7. The van der Waals surface area contributed by atoms with Crippen LogP contribution in [0.5, 0.6) is 0 Å². The van der Waals surface area contributed by atoms with Gasteiger partial charge in [0.15, 0.2) is 0 Å². The SMILES string of the molecule is CCCCCC/C=C\C(CCCCCCCCCC)COC(=O)CCCCCN(CCO)CCCCCC(=O)OCC(CCCCCCCC)CCCCCCCCCC. The quantitative estimate of drug-likeness (QED) is 0.0373. The monoisotopic (exact) mass is 848 g/mol. The van der Waals surface area contributed by atoms with E-state index in [0.717, 1.165) is 64.5 Å². The van der Waals surface area contributed by atoms with Crippen LogP contribution in [0.3, 0.4) is 0 Å². The number of hydrogen-bond acceptors (Lipinski definition) is 6. The molecule has 0 aromatic carbocycles. The Bertz CT molecular complexity index is 909. The first-order valence-electron chi connectivity index (χ1n) is 26.8. The Morgan fingerprint density at radius 3 is 1.28 bits per heavy atom. The predicted octanol–water partition coefficient (Wildman–Crippen LogP) is 16.1. The largest absolute Gasteiger partial charge is 0.465 e. The van der Waals surface area contributed by atoms with Crippen molar-refractivity contribution in [3.05, 3.63) is 12.2 Å². The summed E-state index contributed by atoms with van der Waals surface area (Å²) in [5.41, 5.74) is 0. The highest BCUT2D eigenvalue weighted by atomic mass is 16.5. The third-order valence-electron chi connectivity index (χ3n) is 12.6. The Morgan fingerprint density at radius 2 is 0.833 bits per heavy atom. The van der Waals surface area contributed by atoms with Gasteiger partial charge in [-0.15, -0.1) is 0 Å². The van der Waals surface area contributed by atoms with Crippen molar-refractivity contribution in [2.75, 3.05) is 39.5 Å². The van der Waals surface area contributed by atoms with Gasteiger partial charge in [-0.2, -0.15) is 0 Å². The first-order chi connectivity index (χ1) is 29.5. The number of nitrogens with zero attached hydrogens (tertiary/aromatic N) is 1. The molecule has 0 aliphatic carbocycles. The lowest BCUT2D eigenvalue weighted by Gasteiger charge is -2.21. The lowest BCUT2D eigenvalue weighted by Crippen LogP contribution is -2.29. The van der Waals surface area contributed by atoms with E-state index in [0.29, 0.717) is 44.4 Å². The van der Waals surface area contributed by atoms with Crippen LogP contribution >= 0.6 is 0 Å². The number of esters is 2. The summed E-state index contributed by atoms with van der Waals surface area (Å²) >= 11 is 0. The van der Waals surface area contributed by atoms with E-state index in [9.17, 15) is 14.7 Å². The highest BCUT2D eigenvalue weighted by Gasteiger charge is 2.14. The number of unbranched alkanes of at least 4 members (excludes halogenated alkanes) is 27. The molecule has 0 rings (SSSR count). The molecule has 0 aromatic heterocycles. The van der Waals surface area contributed by atoms with Gasteiger partial charge in [-0.1, -0.05) is 213 Å². The molecule has 2 unspecified atom stereocenters. The van der Waals surface area contributed by atoms with E-state index < -0.39 is 0 Å². The molecule has 0 radical (unpaired) electrons. The maximum atomic E-state index is 12.7. The zero-order chi connectivity index (χ0) is 43.8. The second-order valence-electron chi connectivity index (χ2n) is 18.5. The van der Waals surface area contributed by atoms with Gasteiger partial charge in [-0.25, -0.2) is 0 Å².